The van der Waals surface area contributed by atoms with E-state index >= 15 is 0 Å². The van der Waals surface area contributed by atoms with Crippen LogP contribution in [0.25, 0.3) is 0 Å². The summed E-state index contributed by atoms with van der Waals surface area (Å²) in [7, 11) is 1.99. The van der Waals surface area contributed by atoms with Crippen LogP contribution in [0.1, 0.15) is 38.4 Å². The number of nitrogens with zero attached hydrogens (tertiary/aromatic N) is 1. The lowest BCUT2D eigenvalue weighted by molar-refractivity contribution is 0.457. The third kappa shape index (κ3) is 3.92. The van der Waals surface area contributed by atoms with Crippen molar-refractivity contribution in [1.29, 1.82) is 0 Å². The van der Waals surface area contributed by atoms with Gasteiger partial charge in [0.1, 0.15) is 0 Å². The van der Waals surface area contributed by atoms with Gasteiger partial charge in [-0.05, 0) is 53.9 Å². The fourth-order valence-electron chi connectivity index (χ4n) is 1.57. The Kier molecular flexibility index (Phi) is 5.26. The van der Waals surface area contributed by atoms with E-state index in [2.05, 4.69) is 40.1 Å². The summed E-state index contributed by atoms with van der Waals surface area (Å²) in [6.07, 6.45) is 4.19. The summed E-state index contributed by atoms with van der Waals surface area (Å²) in [6, 6.07) is 4.34. The van der Waals surface area contributed by atoms with Crippen molar-refractivity contribution in [2.24, 2.45) is 5.92 Å². The van der Waals surface area contributed by atoms with Crippen molar-refractivity contribution in [1.82, 2.24) is 10.3 Å². The summed E-state index contributed by atoms with van der Waals surface area (Å²) in [4.78, 5) is 4.42. The van der Waals surface area contributed by atoms with Crippen molar-refractivity contribution in [3.8, 4) is 0 Å². The molecule has 0 fully saturated rings. The van der Waals surface area contributed by atoms with Crippen molar-refractivity contribution < 1.29 is 0 Å². The summed E-state index contributed by atoms with van der Waals surface area (Å²) in [6.45, 7) is 4.50. The van der Waals surface area contributed by atoms with Gasteiger partial charge in [-0.25, -0.2) is 0 Å². The monoisotopic (exact) mass is 270 g/mol. The Morgan fingerprint density at radius 1 is 1.40 bits per heavy atom. The van der Waals surface area contributed by atoms with Gasteiger partial charge in [0, 0.05) is 10.7 Å². The molecule has 0 saturated heterocycles. The predicted octanol–water partition coefficient (Wildman–Crippen LogP) is 3.54. The highest BCUT2D eigenvalue weighted by atomic mass is 79.9. The number of aromatic nitrogens is 1. The minimum atomic E-state index is 0.350. The highest BCUT2D eigenvalue weighted by molar-refractivity contribution is 9.10. The molecule has 0 radical (unpaired) electrons. The Morgan fingerprint density at radius 3 is 2.67 bits per heavy atom. The molecule has 0 aliphatic rings. The van der Waals surface area contributed by atoms with Crippen LogP contribution in [0, 0.1) is 5.92 Å². The first-order valence-electron chi connectivity index (χ1n) is 5.42. The van der Waals surface area contributed by atoms with E-state index in [9.17, 15) is 0 Å². The van der Waals surface area contributed by atoms with E-state index in [1.165, 1.54) is 6.42 Å². The molecule has 0 aliphatic heterocycles. The van der Waals surface area contributed by atoms with Crippen LogP contribution in [0.2, 0.25) is 0 Å². The number of pyridine rings is 1. The highest BCUT2D eigenvalue weighted by Crippen LogP contribution is 2.25. The molecule has 1 unspecified atom stereocenters. The summed E-state index contributed by atoms with van der Waals surface area (Å²) < 4.78 is 1.09. The zero-order chi connectivity index (χ0) is 11.3. The van der Waals surface area contributed by atoms with Crippen LogP contribution < -0.4 is 5.32 Å². The molecular formula is C12H19BrN2. The van der Waals surface area contributed by atoms with E-state index in [1.54, 1.807) is 0 Å². The molecule has 0 saturated carbocycles. The van der Waals surface area contributed by atoms with Crippen LogP contribution >= 0.6 is 15.9 Å². The number of rotatable bonds is 5. The van der Waals surface area contributed by atoms with Gasteiger partial charge in [-0.1, -0.05) is 13.8 Å². The van der Waals surface area contributed by atoms with Gasteiger partial charge >= 0.3 is 0 Å². The van der Waals surface area contributed by atoms with Crippen molar-refractivity contribution in [2.75, 3.05) is 7.05 Å². The van der Waals surface area contributed by atoms with Gasteiger partial charge in [-0.3, -0.25) is 4.98 Å². The van der Waals surface area contributed by atoms with Crippen molar-refractivity contribution >= 4 is 15.9 Å². The third-order valence-corrected chi connectivity index (χ3v) is 3.17. The molecule has 3 heteroatoms. The predicted molar refractivity (Wildman–Crippen MR) is 67.8 cm³/mol. The minimum absolute atomic E-state index is 0.350. The Balaban J connectivity index is 2.70. The largest absolute Gasteiger partial charge is 0.312 e. The zero-order valence-electron chi connectivity index (χ0n) is 9.63. The quantitative estimate of drug-likeness (QED) is 0.886. The zero-order valence-corrected chi connectivity index (χ0v) is 11.2. The standard InChI is InChI=1S/C12H19BrN2/c1-9(2)6-7-11(14-3)12-10(13)5-4-8-15-12/h4-5,8-9,11,14H,6-7H2,1-3H3. The second-order valence-electron chi connectivity index (χ2n) is 4.18. The first-order chi connectivity index (χ1) is 7.15. The molecule has 0 aromatic carbocycles. The number of halogens is 1. The maximum Gasteiger partial charge on any atom is 0.0714 e. The van der Waals surface area contributed by atoms with E-state index in [-0.39, 0.29) is 0 Å². The molecule has 15 heavy (non-hydrogen) atoms. The van der Waals surface area contributed by atoms with Crippen LogP contribution in [-0.4, -0.2) is 12.0 Å². The first-order valence-corrected chi connectivity index (χ1v) is 6.22. The molecule has 1 N–H and O–H groups in total. The van der Waals surface area contributed by atoms with Crippen molar-refractivity contribution in [3.05, 3.63) is 28.5 Å². The summed E-state index contributed by atoms with van der Waals surface area (Å²) in [5, 5.41) is 3.32. The lowest BCUT2D eigenvalue weighted by atomic mass is 10.0. The highest BCUT2D eigenvalue weighted by Gasteiger charge is 2.13. The van der Waals surface area contributed by atoms with E-state index in [4.69, 9.17) is 0 Å². The Hall–Kier alpha value is -0.410. The van der Waals surface area contributed by atoms with Gasteiger partial charge < -0.3 is 5.32 Å². The SMILES string of the molecule is CNC(CCC(C)C)c1ncccc1Br. The maximum atomic E-state index is 4.42. The molecule has 0 aliphatic carbocycles. The van der Waals surface area contributed by atoms with Gasteiger partial charge in [0.25, 0.3) is 0 Å². The summed E-state index contributed by atoms with van der Waals surface area (Å²) >= 11 is 3.54. The summed E-state index contributed by atoms with van der Waals surface area (Å²) in [5.41, 5.74) is 1.11. The van der Waals surface area contributed by atoms with Crippen molar-refractivity contribution in [3.63, 3.8) is 0 Å². The van der Waals surface area contributed by atoms with E-state index in [1.807, 2.05) is 25.4 Å². The summed E-state index contributed by atoms with van der Waals surface area (Å²) in [5.74, 6) is 0.739. The van der Waals surface area contributed by atoms with E-state index < -0.39 is 0 Å². The molecule has 1 rings (SSSR count). The molecule has 1 atom stereocenters. The van der Waals surface area contributed by atoms with E-state index in [0.29, 0.717) is 6.04 Å². The van der Waals surface area contributed by atoms with Crippen LogP contribution in [0.15, 0.2) is 22.8 Å². The van der Waals surface area contributed by atoms with Gasteiger partial charge in [-0.15, -0.1) is 0 Å². The van der Waals surface area contributed by atoms with Crippen LogP contribution in [0.5, 0.6) is 0 Å². The fourth-order valence-corrected chi connectivity index (χ4v) is 2.10. The Bertz CT molecular complexity index is 299. The molecule has 1 aromatic heterocycles. The third-order valence-electron chi connectivity index (χ3n) is 2.50. The van der Waals surface area contributed by atoms with Crippen LogP contribution in [0.4, 0.5) is 0 Å². The number of hydrogen-bond donors (Lipinski definition) is 1. The molecule has 0 amide bonds. The second-order valence-corrected chi connectivity index (χ2v) is 5.04. The Morgan fingerprint density at radius 2 is 2.13 bits per heavy atom. The number of nitrogens with one attached hydrogen (secondary N) is 1. The lowest BCUT2D eigenvalue weighted by Crippen LogP contribution is -2.18. The molecule has 84 valence electrons. The van der Waals surface area contributed by atoms with Crippen LogP contribution in [0.3, 0.4) is 0 Å². The maximum absolute atomic E-state index is 4.42. The van der Waals surface area contributed by atoms with Gasteiger partial charge in [0.05, 0.1) is 11.7 Å². The molecule has 2 nitrogen and oxygen atoms in total. The van der Waals surface area contributed by atoms with Gasteiger partial charge in [-0.2, -0.15) is 0 Å². The minimum Gasteiger partial charge on any atom is -0.312 e. The molecule has 1 heterocycles. The van der Waals surface area contributed by atoms with Crippen LogP contribution in [-0.2, 0) is 0 Å². The second kappa shape index (κ2) is 6.23. The molecule has 1 aromatic rings. The topological polar surface area (TPSA) is 24.9 Å². The van der Waals surface area contributed by atoms with Gasteiger partial charge in [0.15, 0.2) is 0 Å². The first kappa shape index (κ1) is 12.7. The molecule has 0 spiro atoms. The van der Waals surface area contributed by atoms with Crippen molar-refractivity contribution in [2.45, 2.75) is 32.7 Å². The van der Waals surface area contributed by atoms with E-state index in [0.717, 1.165) is 22.5 Å². The number of hydrogen-bond acceptors (Lipinski definition) is 2. The average Bonchev–Trinajstić information content (AvgIpc) is 2.21. The normalized spacial score (nSPS) is 13.1. The Labute approximate surface area is 101 Å². The smallest absolute Gasteiger partial charge is 0.0714 e. The average molecular weight is 271 g/mol. The van der Waals surface area contributed by atoms with Gasteiger partial charge in [0.2, 0.25) is 0 Å². The molecule has 0 bridgehead atoms. The molecular weight excluding hydrogens is 252 g/mol. The fraction of sp³-hybridized carbons (Fsp3) is 0.583. The lowest BCUT2D eigenvalue weighted by Gasteiger charge is -2.17.